The molecular formula is C15H13N3O3S2. The molecule has 0 saturated carbocycles. The number of amides is 1. The predicted octanol–water partition coefficient (Wildman–Crippen LogP) is 4.11. The van der Waals surface area contributed by atoms with Crippen LogP contribution in [0.15, 0.2) is 12.1 Å². The Bertz CT molecular complexity index is 817. The predicted molar refractivity (Wildman–Crippen MR) is 89.2 cm³/mol. The van der Waals surface area contributed by atoms with E-state index < -0.39 is 10.8 Å². The second-order valence-electron chi connectivity index (χ2n) is 5.23. The van der Waals surface area contributed by atoms with Gasteiger partial charge in [-0.25, -0.2) is 0 Å². The van der Waals surface area contributed by atoms with Gasteiger partial charge in [0.25, 0.3) is 5.91 Å². The van der Waals surface area contributed by atoms with Crippen LogP contribution in [0.25, 0.3) is 0 Å². The molecular weight excluding hydrogens is 334 g/mol. The molecule has 3 rings (SSSR count). The minimum absolute atomic E-state index is 0.0716. The lowest BCUT2D eigenvalue weighted by Crippen LogP contribution is -2.10. The van der Waals surface area contributed by atoms with E-state index in [2.05, 4.69) is 11.4 Å². The van der Waals surface area contributed by atoms with Crippen molar-refractivity contribution < 1.29 is 9.72 Å². The van der Waals surface area contributed by atoms with Crippen molar-refractivity contribution in [2.45, 2.75) is 32.1 Å². The van der Waals surface area contributed by atoms with Gasteiger partial charge in [0.1, 0.15) is 11.1 Å². The van der Waals surface area contributed by atoms with Crippen molar-refractivity contribution in [2.75, 3.05) is 5.32 Å². The number of nitriles is 1. The average Bonchev–Trinajstić information content (AvgIpc) is 3.07. The highest BCUT2D eigenvalue weighted by atomic mass is 32.1. The quantitative estimate of drug-likeness (QED) is 0.513. The molecule has 1 N–H and O–H groups in total. The molecule has 0 saturated heterocycles. The number of carbonyl (C=O) groups excluding carboxylic acids is 1. The lowest BCUT2D eigenvalue weighted by atomic mass is 10.1. The molecule has 0 radical (unpaired) electrons. The highest BCUT2D eigenvalue weighted by molar-refractivity contribution is 7.18. The molecule has 2 heterocycles. The van der Waals surface area contributed by atoms with Crippen molar-refractivity contribution in [3.8, 4) is 6.07 Å². The van der Waals surface area contributed by atoms with Crippen LogP contribution in [0.3, 0.4) is 0 Å². The third kappa shape index (κ3) is 3.11. The van der Waals surface area contributed by atoms with E-state index in [0.29, 0.717) is 10.6 Å². The fourth-order valence-electron chi connectivity index (χ4n) is 2.66. The Morgan fingerprint density at radius 3 is 2.74 bits per heavy atom. The summed E-state index contributed by atoms with van der Waals surface area (Å²) in [6.45, 7) is 0. The number of hydrogen-bond donors (Lipinski definition) is 1. The number of hydrogen-bond acceptors (Lipinski definition) is 6. The van der Waals surface area contributed by atoms with E-state index in [1.165, 1.54) is 28.3 Å². The Hall–Kier alpha value is -2.24. The number of fused-ring (bicyclic) bond motifs is 1. The minimum Gasteiger partial charge on any atom is -0.312 e. The highest BCUT2D eigenvalue weighted by Crippen LogP contribution is 2.37. The Morgan fingerprint density at radius 1 is 1.26 bits per heavy atom. The van der Waals surface area contributed by atoms with Crippen LogP contribution >= 0.6 is 22.7 Å². The Kier molecular flexibility index (Phi) is 4.41. The molecule has 6 nitrogen and oxygen atoms in total. The second-order valence-corrected chi connectivity index (χ2v) is 7.40. The van der Waals surface area contributed by atoms with Crippen LogP contribution in [-0.4, -0.2) is 10.8 Å². The largest absolute Gasteiger partial charge is 0.324 e. The summed E-state index contributed by atoms with van der Waals surface area (Å²) in [4.78, 5) is 23.9. The van der Waals surface area contributed by atoms with Crippen LogP contribution in [0.5, 0.6) is 0 Å². The zero-order valence-electron chi connectivity index (χ0n) is 12.1. The molecule has 2 aromatic rings. The molecule has 1 amide bonds. The van der Waals surface area contributed by atoms with E-state index >= 15 is 0 Å². The summed E-state index contributed by atoms with van der Waals surface area (Å²) in [5.74, 6) is -0.406. The number of rotatable bonds is 3. The van der Waals surface area contributed by atoms with Gasteiger partial charge >= 0.3 is 5.00 Å². The van der Waals surface area contributed by atoms with E-state index in [0.717, 1.165) is 49.0 Å². The van der Waals surface area contributed by atoms with Crippen molar-refractivity contribution in [3.05, 3.63) is 43.1 Å². The van der Waals surface area contributed by atoms with Crippen LogP contribution < -0.4 is 5.32 Å². The molecule has 0 aliphatic heterocycles. The van der Waals surface area contributed by atoms with Crippen molar-refractivity contribution in [1.82, 2.24) is 0 Å². The monoisotopic (exact) mass is 347 g/mol. The van der Waals surface area contributed by atoms with Gasteiger partial charge in [-0.05, 0) is 37.3 Å². The minimum atomic E-state index is -0.518. The maximum absolute atomic E-state index is 12.3. The molecule has 0 aromatic carbocycles. The summed E-state index contributed by atoms with van der Waals surface area (Å²) in [6, 6.07) is 4.95. The molecule has 2 aromatic heterocycles. The standard InChI is InChI=1S/C15H13N3O3S2/c16-8-10-9-4-2-1-3-5-11(9)23-15(10)17-14(19)12-6-7-13(22-12)18(20)21/h6-7H,1-5H2,(H,17,19). The van der Waals surface area contributed by atoms with Gasteiger partial charge in [-0.3, -0.25) is 14.9 Å². The summed E-state index contributed by atoms with van der Waals surface area (Å²) in [6.07, 6.45) is 5.13. The van der Waals surface area contributed by atoms with E-state index in [1.54, 1.807) is 0 Å². The van der Waals surface area contributed by atoms with Gasteiger partial charge < -0.3 is 5.32 Å². The first-order valence-electron chi connectivity index (χ1n) is 7.20. The first kappa shape index (κ1) is 15.6. The number of nitro groups is 1. The van der Waals surface area contributed by atoms with Gasteiger partial charge in [-0.1, -0.05) is 17.8 Å². The fourth-order valence-corrected chi connectivity index (χ4v) is 4.61. The highest BCUT2D eigenvalue weighted by Gasteiger charge is 2.22. The van der Waals surface area contributed by atoms with E-state index in [4.69, 9.17) is 0 Å². The second kappa shape index (κ2) is 6.48. The lowest BCUT2D eigenvalue weighted by molar-refractivity contribution is -0.380. The summed E-state index contributed by atoms with van der Waals surface area (Å²) in [5, 5.41) is 23.4. The topological polar surface area (TPSA) is 96.0 Å². The van der Waals surface area contributed by atoms with Gasteiger partial charge in [0, 0.05) is 10.9 Å². The molecule has 0 unspecified atom stereocenters. The third-order valence-corrected chi connectivity index (χ3v) is 6.00. The zero-order chi connectivity index (χ0) is 16.4. The molecule has 1 aliphatic carbocycles. The van der Waals surface area contributed by atoms with E-state index in [-0.39, 0.29) is 9.88 Å². The van der Waals surface area contributed by atoms with Crippen molar-refractivity contribution in [1.29, 1.82) is 5.26 Å². The van der Waals surface area contributed by atoms with Crippen molar-refractivity contribution in [2.24, 2.45) is 0 Å². The normalized spacial score (nSPS) is 13.7. The Balaban J connectivity index is 1.86. The molecule has 118 valence electrons. The van der Waals surface area contributed by atoms with Crippen LogP contribution in [0.4, 0.5) is 10.0 Å². The zero-order valence-corrected chi connectivity index (χ0v) is 13.8. The van der Waals surface area contributed by atoms with Crippen molar-refractivity contribution in [3.63, 3.8) is 0 Å². The molecule has 0 bridgehead atoms. The van der Waals surface area contributed by atoms with Crippen LogP contribution in [0.2, 0.25) is 0 Å². The molecule has 0 fully saturated rings. The third-order valence-electron chi connectivity index (χ3n) is 3.76. The average molecular weight is 347 g/mol. The lowest BCUT2D eigenvalue weighted by Gasteiger charge is -2.01. The summed E-state index contributed by atoms with van der Waals surface area (Å²) in [7, 11) is 0. The first-order valence-corrected chi connectivity index (χ1v) is 8.83. The SMILES string of the molecule is N#Cc1c(NC(=O)c2ccc([N+](=O)[O-])s2)sc2c1CCCCC2. The van der Waals surface area contributed by atoms with Crippen LogP contribution in [0, 0.1) is 21.4 Å². The first-order chi connectivity index (χ1) is 11.1. The number of aryl methyl sites for hydroxylation is 1. The number of thiophene rings is 2. The van der Waals surface area contributed by atoms with Crippen LogP contribution in [-0.2, 0) is 12.8 Å². The van der Waals surface area contributed by atoms with Gasteiger partial charge in [0.2, 0.25) is 0 Å². The van der Waals surface area contributed by atoms with E-state index in [1.807, 2.05) is 0 Å². The Morgan fingerprint density at radius 2 is 2.04 bits per heavy atom. The molecule has 0 spiro atoms. The van der Waals surface area contributed by atoms with Crippen LogP contribution in [0.1, 0.15) is 44.9 Å². The maximum Gasteiger partial charge on any atom is 0.324 e. The summed E-state index contributed by atoms with van der Waals surface area (Å²) >= 11 is 2.28. The van der Waals surface area contributed by atoms with Crippen molar-refractivity contribution >= 4 is 38.6 Å². The number of anilines is 1. The maximum atomic E-state index is 12.3. The molecule has 8 heteroatoms. The summed E-state index contributed by atoms with van der Waals surface area (Å²) < 4.78 is 0. The number of nitrogens with one attached hydrogen (secondary N) is 1. The number of nitrogens with zero attached hydrogens (tertiary/aromatic N) is 2. The fraction of sp³-hybridized carbons (Fsp3) is 0.333. The van der Waals surface area contributed by atoms with Gasteiger partial charge in [0.05, 0.1) is 15.4 Å². The Labute approximate surface area is 140 Å². The smallest absolute Gasteiger partial charge is 0.312 e. The van der Waals surface area contributed by atoms with E-state index in [9.17, 15) is 20.2 Å². The molecule has 23 heavy (non-hydrogen) atoms. The van der Waals surface area contributed by atoms with Gasteiger partial charge in [-0.15, -0.1) is 11.3 Å². The van der Waals surface area contributed by atoms with Gasteiger partial charge in [-0.2, -0.15) is 5.26 Å². The number of carbonyl (C=O) groups is 1. The summed E-state index contributed by atoms with van der Waals surface area (Å²) in [5.41, 5.74) is 1.61. The van der Waals surface area contributed by atoms with Gasteiger partial charge in [0.15, 0.2) is 0 Å². The molecule has 0 atom stereocenters. The molecule has 1 aliphatic rings.